The summed E-state index contributed by atoms with van der Waals surface area (Å²) in [4.78, 5) is 17.8. The average Bonchev–Trinajstić information content (AvgIpc) is 2.97. The van der Waals surface area contributed by atoms with Crippen molar-refractivity contribution < 1.29 is 13.9 Å². The first kappa shape index (κ1) is 21.2. The summed E-state index contributed by atoms with van der Waals surface area (Å²) in [5.41, 5.74) is 0.862. The number of furan rings is 1. The van der Waals surface area contributed by atoms with Gasteiger partial charge < -0.3 is 24.7 Å². The predicted octanol–water partition coefficient (Wildman–Crippen LogP) is 1.82. The van der Waals surface area contributed by atoms with Gasteiger partial charge in [-0.3, -0.25) is 9.79 Å². The van der Waals surface area contributed by atoms with Crippen molar-refractivity contribution in [2.45, 2.75) is 6.54 Å². The van der Waals surface area contributed by atoms with Crippen LogP contribution in [-0.2, 0) is 16.1 Å². The average molecular weight is 460 g/mol. The summed E-state index contributed by atoms with van der Waals surface area (Å²) in [6, 6.07) is 9.89. The molecule has 1 aromatic carbocycles. The second-order valence-corrected chi connectivity index (χ2v) is 5.35. The van der Waals surface area contributed by atoms with Crippen LogP contribution in [0.3, 0.4) is 0 Å². The Bertz CT molecular complexity index is 669. The van der Waals surface area contributed by atoms with Crippen molar-refractivity contribution in [3.05, 3.63) is 36.1 Å². The van der Waals surface area contributed by atoms with Crippen molar-refractivity contribution in [2.75, 3.05) is 40.9 Å². The Morgan fingerprint density at radius 3 is 2.76 bits per heavy atom. The molecule has 138 valence electrons. The fraction of sp³-hybridized carbons (Fsp3) is 0.412. The summed E-state index contributed by atoms with van der Waals surface area (Å²) in [7, 11) is 5.17. The van der Waals surface area contributed by atoms with Crippen molar-refractivity contribution in [1.29, 1.82) is 0 Å². The summed E-state index contributed by atoms with van der Waals surface area (Å²) in [6.45, 7) is 1.69. The van der Waals surface area contributed by atoms with Crippen LogP contribution in [0.25, 0.3) is 11.0 Å². The lowest BCUT2D eigenvalue weighted by molar-refractivity contribution is -0.120. The Labute approximate surface area is 164 Å². The molecule has 0 bridgehead atoms. The maximum absolute atomic E-state index is 11.7. The zero-order chi connectivity index (χ0) is 17.4. The molecule has 2 aromatic rings. The van der Waals surface area contributed by atoms with Gasteiger partial charge in [0.1, 0.15) is 11.3 Å². The smallest absolute Gasteiger partial charge is 0.239 e. The van der Waals surface area contributed by atoms with Gasteiger partial charge in [-0.15, -0.1) is 24.0 Å². The van der Waals surface area contributed by atoms with Crippen LogP contribution in [0.2, 0.25) is 0 Å². The van der Waals surface area contributed by atoms with Crippen molar-refractivity contribution in [3.63, 3.8) is 0 Å². The number of methoxy groups -OCH3 is 1. The molecule has 1 heterocycles. The molecule has 0 aliphatic heterocycles. The van der Waals surface area contributed by atoms with Crippen LogP contribution >= 0.6 is 24.0 Å². The standard InChI is InChI=1S/C17H24N4O3.HI/c1-18-17(20-11-16(22)19-8-9-23-3)21(2)12-14-10-13-6-4-5-7-15(13)24-14;/h4-7,10H,8-9,11-12H2,1-3H3,(H,18,20)(H,19,22);1H. The van der Waals surface area contributed by atoms with Crippen LogP contribution < -0.4 is 10.6 Å². The summed E-state index contributed by atoms with van der Waals surface area (Å²) < 4.78 is 10.7. The molecule has 0 fully saturated rings. The molecule has 0 saturated carbocycles. The third-order valence-corrected chi connectivity index (χ3v) is 3.48. The molecule has 0 radical (unpaired) electrons. The van der Waals surface area contributed by atoms with Gasteiger partial charge in [0.25, 0.3) is 0 Å². The molecule has 1 amide bonds. The molecular weight excluding hydrogens is 435 g/mol. The summed E-state index contributed by atoms with van der Waals surface area (Å²) in [6.07, 6.45) is 0. The van der Waals surface area contributed by atoms with Crippen LogP contribution in [0, 0.1) is 0 Å². The van der Waals surface area contributed by atoms with Crippen LogP contribution in [0.5, 0.6) is 0 Å². The summed E-state index contributed by atoms with van der Waals surface area (Å²) >= 11 is 0. The number of nitrogens with zero attached hydrogens (tertiary/aromatic N) is 2. The van der Waals surface area contributed by atoms with Gasteiger partial charge in [-0.1, -0.05) is 18.2 Å². The van der Waals surface area contributed by atoms with Crippen LogP contribution in [-0.4, -0.2) is 57.7 Å². The first-order chi connectivity index (χ1) is 11.6. The number of ether oxygens (including phenoxy) is 1. The number of fused-ring (bicyclic) bond motifs is 1. The minimum Gasteiger partial charge on any atom is -0.459 e. The molecule has 0 aliphatic carbocycles. The molecule has 0 unspecified atom stereocenters. The van der Waals surface area contributed by atoms with E-state index in [2.05, 4.69) is 15.6 Å². The van der Waals surface area contributed by atoms with Crippen LogP contribution in [0.4, 0.5) is 0 Å². The number of benzene rings is 1. The van der Waals surface area contributed by atoms with E-state index in [0.29, 0.717) is 25.7 Å². The Morgan fingerprint density at radius 1 is 1.32 bits per heavy atom. The third-order valence-electron chi connectivity index (χ3n) is 3.48. The number of amides is 1. The van der Waals surface area contributed by atoms with E-state index in [1.165, 1.54) is 0 Å². The van der Waals surface area contributed by atoms with E-state index in [-0.39, 0.29) is 36.4 Å². The number of carbonyl (C=O) groups is 1. The maximum Gasteiger partial charge on any atom is 0.239 e. The lowest BCUT2D eigenvalue weighted by Gasteiger charge is -2.20. The molecule has 2 rings (SSSR count). The van der Waals surface area contributed by atoms with E-state index in [9.17, 15) is 4.79 Å². The normalized spacial score (nSPS) is 11.1. The van der Waals surface area contributed by atoms with Gasteiger partial charge in [0.2, 0.25) is 5.91 Å². The van der Waals surface area contributed by atoms with Crippen molar-refractivity contribution in [1.82, 2.24) is 15.5 Å². The summed E-state index contributed by atoms with van der Waals surface area (Å²) in [5.74, 6) is 1.36. The molecule has 7 nitrogen and oxygen atoms in total. The highest BCUT2D eigenvalue weighted by molar-refractivity contribution is 14.0. The first-order valence-electron chi connectivity index (χ1n) is 7.79. The number of guanidine groups is 1. The van der Waals surface area contributed by atoms with Crippen molar-refractivity contribution in [3.8, 4) is 0 Å². The second-order valence-electron chi connectivity index (χ2n) is 5.35. The van der Waals surface area contributed by atoms with E-state index in [1.807, 2.05) is 42.3 Å². The topological polar surface area (TPSA) is 79.1 Å². The predicted molar refractivity (Wildman–Crippen MR) is 109 cm³/mol. The van der Waals surface area contributed by atoms with Crippen molar-refractivity contribution >= 4 is 46.8 Å². The van der Waals surface area contributed by atoms with Gasteiger partial charge >= 0.3 is 0 Å². The van der Waals surface area contributed by atoms with E-state index in [1.54, 1.807) is 14.2 Å². The molecule has 25 heavy (non-hydrogen) atoms. The quantitative estimate of drug-likeness (QED) is 0.285. The minimum atomic E-state index is -0.106. The number of para-hydroxylation sites is 1. The molecule has 0 spiro atoms. The molecule has 0 saturated heterocycles. The van der Waals surface area contributed by atoms with Crippen molar-refractivity contribution in [2.24, 2.45) is 4.99 Å². The monoisotopic (exact) mass is 460 g/mol. The van der Waals surface area contributed by atoms with E-state index in [0.717, 1.165) is 16.7 Å². The second kappa shape index (κ2) is 10.9. The number of hydrogen-bond acceptors (Lipinski definition) is 4. The highest BCUT2D eigenvalue weighted by Crippen LogP contribution is 2.19. The number of carbonyl (C=O) groups excluding carboxylic acids is 1. The van der Waals surface area contributed by atoms with Gasteiger partial charge in [-0.25, -0.2) is 0 Å². The fourth-order valence-corrected chi connectivity index (χ4v) is 2.32. The lowest BCUT2D eigenvalue weighted by atomic mass is 10.2. The van der Waals surface area contributed by atoms with Gasteiger partial charge in [-0.05, 0) is 12.1 Å². The zero-order valence-corrected chi connectivity index (χ0v) is 17.1. The Hall–Kier alpha value is -1.81. The number of rotatable bonds is 7. The first-order valence-corrected chi connectivity index (χ1v) is 7.79. The fourth-order valence-electron chi connectivity index (χ4n) is 2.32. The Balaban J connectivity index is 0.00000312. The number of hydrogen-bond donors (Lipinski definition) is 2. The highest BCUT2D eigenvalue weighted by Gasteiger charge is 2.11. The SMILES string of the molecule is CN=C(NCC(=O)NCCOC)N(C)Cc1cc2ccccc2o1.I. The number of nitrogens with one attached hydrogen (secondary N) is 2. The van der Waals surface area contributed by atoms with Gasteiger partial charge in [0.15, 0.2) is 5.96 Å². The zero-order valence-electron chi connectivity index (χ0n) is 14.7. The third kappa shape index (κ3) is 6.54. The van der Waals surface area contributed by atoms with E-state index in [4.69, 9.17) is 9.15 Å². The van der Waals surface area contributed by atoms with Crippen LogP contribution in [0.1, 0.15) is 5.76 Å². The van der Waals surface area contributed by atoms with Gasteiger partial charge in [-0.2, -0.15) is 0 Å². The maximum atomic E-state index is 11.7. The Kier molecular flexibility index (Phi) is 9.28. The number of aliphatic imine (C=N–C) groups is 1. The lowest BCUT2D eigenvalue weighted by Crippen LogP contribution is -2.44. The highest BCUT2D eigenvalue weighted by atomic mass is 127. The Morgan fingerprint density at radius 2 is 2.08 bits per heavy atom. The van der Waals surface area contributed by atoms with E-state index < -0.39 is 0 Å². The summed E-state index contributed by atoms with van der Waals surface area (Å²) in [5, 5.41) is 6.85. The van der Waals surface area contributed by atoms with E-state index >= 15 is 0 Å². The van der Waals surface area contributed by atoms with Gasteiger partial charge in [0, 0.05) is 33.1 Å². The molecule has 1 aromatic heterocycles. The largest absolute Gasteiger partial charge is 0.459 e. The molecular formula is C17H25IN4O3. The minimum absolute atomic E-state index is 0. The number of halogens is 1. The van der Waals surface area contributed by atoms with Crippen LogP contribution in [0.15, 0.2) is 39.7 Å². The molecule has 0 atom stereocenters. The molecule has 0 aliphatic rings. The molecule has 2 N–H and O–H groups in total. The molecule has 8 heteroatoms. The van der Waals surface area contributed by atoms with Gasteiger partial charge in [0.05, 0.1) is 19.7 Å².